The second-order valence-corrected chi connectivity index (χ2v) is 9.07. The van der Waals surface area contributed by atoms with Gasteiger partial charge in [0.15, 0.2) is 17.0 Å². The number of imidazole rings is 1. The van der Waals surface area contributed by atoms with Gasteiger partial charge in [-0.05, 0) is 0 Å². The number of hydrogen-bond acceptors (Lipinski definition) is 12. The summed E-state index contributed by atoms with van der Waals surface area (Å²) in [5.74, 6) is -1.05. The van der Waals surface area contributed by atoms with Crippen LogP contribution in [0.25, 0.3) is 11.2 Å². The number of aromatic nitrogens is 4. The molecule has 2 aromatic heterocycles. The van der Waals surface area contributed by atoms with Gasteiger partial charge in [0.2, 0.25) is 0 Å². The summed E-state index contributed by atoms with van der Waals surface area (Å²) in [6, 6.07) is 11.5. The van der Waals surface area contributed by atoms with Crippen molar-refractivity contribution in [3.05, 3.63) is 92.5 Å². The Bertz CT molecular complexity index is 1550. The first-order chi connectivity index (χ1) is 19.8. The predicted octanol–water partition coefficient (Wildman–Crippen LogP) is 2.66. The third kappa shape index (κ3) is 5.51. The van der Waals surface area contributed by atoms with Gasteiger partial charge in [0, 0.05) is 29.7 Å². The zero-order chi connectivity index (χ0) is 29.1. The summed E-state index contributed by atoms with van der Waals surface area (Å²) in [4.78, 5) is 47.6. The molecule has 0 unspecified atom stereocenters. The van der Waals surface area contributed by atoms with Crippen molar-refractivity contribution >= 4 is 34.4 Å². The molecule has 1 saturated heterocycles. The van der Waals surface area contributed by atoms with E-state index in [4.69, 9.17) is 9.47 Å². The number of amides is 1. The summed E-state index contributed by atoms with van der Waals surface area (Å²) in [6.45, 7) is -0.836. The Hall–Kier alpha value is -5.06. The van der Waals surface area contributed by atoms with Gasteiger partial charge in [0.25, 0.3) is 11.4 Å². The van der Waals surface area contributed by atoms with Gasteiger partial charge in [0.1, 0.15) is 25.3 Å². The number of aliphatic hydroxyl groups excluding tert-OH is 2. The Morgan fingerprint density at radius 2 is 1.71 bits per heavy atom. The van der Waals surface area contributed by atoms with Crippen LogP contribution in [0.4, 0.5) is 22.0 Å². The fourth-order valence-electron chi connectivity index (χ4n) is 4.74. The summed E-state index contributed by atoms with van der Waals surface area (Å²) >= 11 is 0. The van der Waals surface area contributed by atoms with E-state index >= 15 is 0 Å². The van der Waals surface area contributed by atoms with Crippen molar-refractivity contribution in [2.75, 3.05) is 18.5 Å². The van der Waals surface area contributed by atoms with E-state index in [1.165, 1.54) is 53.6 Å². The van der Waals surface area contributed by atoms with Crippen LogP contribution in [-0.2, 0) is 9.47 Å². The Labute approximate surface area is 230 Å². The number of nitro benzene ring substituents is 2. The van der Waals surface area contributed by atoms with Gasteiger partial charge in [-0.2, -0.15) is 0 Å². The first kappa shape index (κ1) is 27.5. The zero-order valence-corrected chi connectivity index (χ0v) is 21.1. The molecule has 41 heavy (non-hydrogen) atoms. The first-order valence-electron chi connectivity index (χ1n) is 12.3. The number of carbonyl (C=O) groups is 1. The summed E-state index contributed by atoms with van der Waals surface area (Å²) in [7, 11) is 0. The van der Waals surface area contributed by atoms with Gasteiger partial charge >= 0.3 is 6.09 Å². The fourth-order valence-corrected chi connectivity index (χ4v) is 4.74. The molecule has 3 heterocycles. The van der Waals surface area contributed by atoms with Gasteiger partial charge in [0.05, 0.1) is 34.8 Å². The van der Waals surface area contributed by atoms with Crippen molar-refractivity contribution in [1.29, 1.82) is 0 Å². The van der Waals surface area contributed by atoms with Crippen LogP contribution in [0.2, 0.25) is 0 Å². The monoisotopic (exact) mass is 565 g/mol. The highest BCUT2D eigenvalue weighted by Crippen LogP contribution is 2.37. The summed E-state index contributed by atoms with van der Waals surface area (Å²) in [5.41, 5.74) is 0.147. The molecule has 4 aromatic rings. The van der Waals surface area contributed by atoms with Crippen molar-refractivity contribution in [2.24, 2.45) is 0 Å². The quantitative estimate of drug-likeness (QED) is 0.197. The van der Waals surface area contributed by atoms with Gasteiger partial charge < -0.3 is 19.7 Å². The molecule has 5 rings (SSSR count). The molecule has 0 bridgehead atoms. The highest BCUT2D eigenvalue weighted by atomic mass is 16.6. The van der Waals surface area contributed by atoms with Crippen LogP contribution in [0.15, 0.2) is 61.2 Å². The second-order valence-electron chi connectivity index (χ2n) is 9.07. The van der Waals surface area contributed by atoms with Gasteiger partial charge in [-0.15, -0.1) is 0 Å². The third-order valence-electron chi connectivity index (χ3n) is 6.67. The number of carbonyl (C=O) groups excluding carboxylic acids is 1. The van der Waals surface area contributed by atoms with E-state index in [1.807, 2.05) is 0 Å². The average Bonchev–Trinajstić information content (AvgIpc) is 3.57. The fraction of sp³-hybridized carbons (Fsp3) is 0.280. The summed E-state index contributed by atoms with van der Waals surface area (Å²) in [6.07, 6.45) is -0.544. The maximum Gasteiger partial charge on any atom is 0.412 e. The van der Waals surface area contributed by atoms with E-state index in [-0.39, 0.29) is 52.5 Å². The van der Waals surface area contributed by atoms with Crippen LogP contribution in [0.5, 0.6) is 0 Å². The molecule has 0 saturated carbocycles. The number of ether oxygens (including phenoxy) is 2. The standard InChI is InChI=1S/C25H23N7O9/c33-10-20-19(34)9-21(41-20)30-13-28-22-23(26-12-27-24(22)30)29-25(35)40-11-16(14-5-1-3-7-17(14)31(36)37)15-6-2-4-8-18(15)32(38)39/h1-8,12-13,16,19-21,33-34H,9-11H2,(H,26,27,29,35)/t19-,20+,21+/m0/s1. The molecule has 1 fully saturated rings. The Morgan fingerprint density at radius 3 is 2.29 bits per heavy atom. The van der Waals surface area contributed by atoms with Crippen molar-refractivity contribution in [3.8, 4) is 0 Å². The molecule has 1 aliphatic heterocycles. The van der Waals surface area contributed by atoms with Gasteiger partial charge in [-0.25, -0.2) is 19.7 Å². The largest absolute Gasteiger partial charge is 0.448 e. The van der Waals surface area contributed by atoms with Gasteiger partial charge in [-0.3, -0.25) is 30.1 Å². The molecule has 16 heteroatoms. The van der Waals surface area contributed by atoms with Crippen molar-refractivity contribution < 1.29 is 34.3 Å². The number of anilines is 1. The molecule has 0 aliphatic carbocycles. The lowest BCUT2D eigenvalue weighted by Crippen LogP contribution is -2.24. The molecule has 2 aromatic carbocycles. The average molecular weight is 565 g/mol. The SMILES string of the molecule is O=C(Nc1ncnc2c1ncn2[C@H]1C[C@H](O)[C@@H](CO)O1)OCC(c1ccccc1[N+](=O)[O-])c1ccccc1[N+](=O)[O-]. The summed E-state index contributed by atoms with van der Waals surface area (Å²) < 4.78 is 12.6. The maximum atomic E-state index is 12.9. The summed E-state index contributed by atoms with van der Waals surface area (Å²) in [5, 5.41) is 45.3. The van der Waals surface area contributed by atoms with Crippen LogP contribution < -0.4 is 5.32 Å². The Morgan fingerprint density at radius 1 is 1.07 bits per heavy atom. The Kier molecular flexibility index (Phi) is 7.77. The minimum atomic E-state index is -1.04. The molecule has 212 valence electrons. The predicted molar refractivity (Wildman–Crippen MR) is 140 cm³/mol. The number of benzene rings is 2. The molecule has 1 aliphatic rings. The van der Waals surface area contributed by atoms with E-state index in [9.17, 15) is 35.2 Å². The van der Waals surface area contributed by atoms with Crippen LogP contribution in [0, 0.1) is 20.2 Å². The number of aliphatic hydroxyl groups is 2. The maximum absolute atomic E-state index is 12.9. The molecular weight excluding hydrogens is 542 g/mol. The third-order valence-corrected chi connectivity index (χ3v) is 6.67. The molecular formula is C25H23N7O9. The van der Waals surface area contributed by atoms with Crippen molar-refractivity contribution in [2.45, 2.75) is 30.8 Å². The zero-order valence-electron chi connectivity index (χ0n) is 21.1. The van der Waals surface area contributed by atoms with Crippen molar-refractivity contribution in [1.82, 2.24) is 19.5 Å². The van der Waals surface area contributed by atoms with E-state index in [2.05, 4.69) is 20.3 Å². The van der Waals surface area contributed by atoms with E-state index in [1.54, 1.807) is 12.1 Å². The van der Waals surface area contributed by atoms with E-state index < -0.39 is 46.9 Å². The molecule has 0 spiro atoms. The van der Waals surface area contributed by atoms with Crippen LogP contribution >= 0.6 is 0 Å². The molecule has 3 N–H and O–H groups in total. The van der Waals surface area contributed by atoms with Gasteiger partial charge in [-0.1, -0.05) is 36.4 Å². The number of rotatable bonds is 9. The molecule has 0 radical (unpaired) electrons. The lowest BCUT2D eigenvalue weighted by atomic mass is 9.89. The highest BCUT2D eigenvalue weighted by molar-refractivity contribution is 5.93. The van der Waals surface area contributed by atoms with E-state index in [0.29, 0.717) is 0 Å². The van der Waals surface area contributed by atoms with E-state index in [0.717, 1.165) is 0 Å². The van der Waals surface area contributed by atoms with Crippen LogP contribution in [0.1, 0.15) is 29.7 Å². The first-order valence-corrected chi connectivity index (χ1v) is 12.3. The number of hydrogen-bond donors (Lipinski definition) is 3. The van der Waals surface area contributed by atoms with Crippen LogP contribution in [-0.4, -0.2) is 71.1 Å². The lowest BCUT2D eigenvalue weighted by molar-refractivity contribution is -0.386. The number of nitrogens with zero attached hydrogens (tertiary/aromatic N) is 6. The lowest BCUT2D eigenvalue weighted by Gasteiger charge is -2.18. The molecule has 16 nitrogen and oxygen atoms in total. The minimum Gasteiger partial charge on any atom is -0.448 e. The number of nitro groups is 2. The Balaban J connectivity index is 1.39. The number of para-hydroxylation sites is 2. The molecule has 1 amide bonds. The van der Waals surface area contributed by atoms with Crippen molar-refractivity contribution in [3.63, 3.8) is 0 Å². The topological polar surface area (TPSA) is 218 Å². The molecule has 3 atom stereocenters. The van der Waals surface area contributed by atoms with Crippen LogP contribution in [0.3, 0.4) is 0 Å². The number of nitrogens with one attached hydrogen (secondary N) is 1. The minimum absolute atomic E-state index is 0.0102. The smallest absolute Gasteiger partial charge is 0.412 e. The number of fused-ring (bicyclic) bond motifs is 1. The highest BCUT2D eigenvalue weighted by Gasteiger charge is 2.35. The normalized spacial score (nSPS) is 18.5. The second kappa shape index (κ2) is 11.6.